The van der Waals surface area contributed by atoms with Crippen LogP contribution in [0.3, 0.4) is 0 Å². The van der Waals surface area contributed by atoms with Crippen molar-refractivity contribution in [1.29, 1.82) is 0 Å². The molecule has 1 nitrogen and oxygen atoms in total. The molecule has 0 saturated heterocycles. The summed E-state index contributed by atoms with van der Waals surface area (Å²) >= 11 is 2.44. The van der Waals surface area contributed by atoms with E-state index in [1.807, 2.05) is 6.07 Å². The summed E-state index contributed by atoms with van der Waals surface area (Å²) in [6.07, 6.45) is 0. The van der Waals surface area contributed by atoms with Gasteiger partial charge in [-0.2, -0.15) is 0 Å². The van der Waals surface area contributed by atoms with Crippen LogP contribution in [0, 0.1) is 0 Å². The molecule has 1 atom stereocenters. The third-order valence-corrected chi connectivity index (χ3v) is 2.12. The van der Waals surface area contributed by atoms with E-state index in [0.717, 1.165) is 6.54 Å². The second-order valence-corrected chi connectivity index (χ2v) is 5.12. The summed E-state index contributed by atoms with van der Waals surface area (Å²) in [6, 6.07) is 10.5. The zero-order valence-corrected chi connectivity index (χ0v) is 9.65. The van der Waals surface area contributed by atoms with Gasteiger partial charge in [0.15, 0.2) is 0 Å². The summed E-state index contributed by atoms with van der Waals surface area (Å²) in [4.78, 5) is 2.27. The molecule has 1 rings (SSSR count). The lowest BCUT2D eigenvalue weighted by Crippen LogP contribution is -2.23. The highest BCUT2D eigenvalue weighted by molar-refractivity contribution is 14.1. The fourth-order valence-electron chi connectivity index (χ4n) is 1.17. The maximum atomic E-state index is 2.44. The Hall–Kier alpha value is -0.250. The predicted octanol–water partition coefficient (Wildman–Crippen LogP) is 2.95. The molecule has 0 aliphatic carbocycles. The van der Waals surface area contributed by atoms with Crippen LogP contribution in [0.2, 0.25) is 0 Å². The minimum absolute atomic E-state index is 0.688. The highest BCUT2D eigenvalue weighted by Crippen LogP contribution is 2.12. The largest absolute Gasteiger partial charge is 0.374 e. The summed E-state index contributed by atoms with van der Waals surface area (Å²) < 4.78 is 0.688. The first-order valence-corrected chi connectivity index (χ1v) is 5.35. The fraction of sp³-hybridized carbons (Fsp3) is 0.400. The molecule has 0 radical (unpaired) electrons. The molecule has 0 heterocycles. The van der Waals surface area contributed by atoms with E-state index in [2.05, 4.69) is 65.7 Å². The molecule has 0 saturated carbocycles. The molecule has 0 aliphatic rings. The molecule has 1 aromatic carbocycles. The molecule has 0 bridgehead atoms. The van der Waals surface area contributed by atoms with E-state index in [1.165, 1.54) is 5.69 Å². The SMILES string of the molecule is CC(I)CN(C)c1ccccc1. The molecule has 0 aliphatic heterocycles. The maximum Gasteiger partial charge on any atom is 0.0363 e. The lowest BCUT2D eigenvalue weighted by atomic mass is 10.3. The van der Waals surface area contributed by atoms with Crippen LogP contribution < -0.4 is 4.90 Å². The normalized spacial score (nSPS) is 12.6. The first-order chi connectivity index (χ1) is 5.70. The van der Waals surface area contributed by atoms with Crippen molar-refractivity contribution >= 4 is 28.3 Å². The van der Waals surface area contributed by atoms with Crippen LogP contribution >= 0.6 is 22.6 Å². The van der Waals surface area contributed by atoms with Gasteiger partial charge in [0.25, 0.3) is 0 Å². The summed E-state index contributed by atoms with van der Waals surface area (Å²) in [5.74, 6) is 0. The molecular weight excluding hydrogens is 261 g/mol. The molecular formula is C10H14IN. The molecule has 0 aromatic heterocycles. The monoisotopic (exact) mass is 275 g/mol. The Kier molecular flexibility index (Phi) is 3.85. The number of hydrogen-bond acceptors (Lipinski definition) is 1. The number of nitrogens with zero attached hydrogens (tertiary/aromatic N) is 1. The summed E-state index contributed by atoms with van der Waals surface area (Å²) in [6.45, 7) is 3.32. The van der Waals surface area contributed by atoms with Gasteiger partial charge in [-0.15, -0.1) is 0 Å². The Morgan fingerprint density at radius 2 is 1.92 bits per heavy atom. The Morgan fingerprint density at radius 3 is 2.42 bits per heavy atom. The van der Waals surface area contributed by atoms with E-state index in [1.54, 1.807) is 0 Å². The molecule has 0 fully saturated rings. The lowest BCUT2D eigenvalue weighted by molar-refractivity contribution is 0.888. The first-order valence-electron chi connectivity index (χ1n) is 4.10. The number of anilines is 1. The van der Waals surface area contributed by atoms with Gasteiger partial charge in [-0.1, -0.05) is 47.7 Å². The van der Waals surface area contributed by atoms with E-state index in [0.29, 0.717) is 3.92 Å². The van der Waals surface area contributed by atoms with Crippen LogP contribution in [0.4, 0.5) is 5.69 Å². The lowest BCUT2D eigenvalue weighted by Gasteiger charge is -2.20. The summed E-state index contributed by atoms with van der Waals surface area (Å²) in [5.41, 5.74) is 1.29. The van der Waals surface area contributed by atoms with Crippen LogP contribution in [0.5, 0.6) is 0 Å². The van der Waals surface area contributed by atoms with Crippen LogP contribution in [0.1, 0.15) is 6.92 Å². The van der Waals surface area contributed by atoms with E-state index in [9.17, 15) is 0 Å². The van der Waals surface area contributed by atoms with Gasteiger partial charge in [-0.25, -0.2) is 0 Å². The van der Waals surface area contributed by atoms with E-state index in [4.69, 9.17) is 0 Å². The van der Waals surface area contributed by atoms with Gasteiger partial charge in [0, 0.05) is 23.2 Å². The minimum Gasteiger partial charge on any atom is -0.374 e. The van der Waals surface area contributed by atoms with Crippen molar-refractivity contribution in [1.82, 2.24) is 0 Å². The highest BCUT2D eigenvalue weighted by atomic mass is 127. The van der Waals surface area contributed by atoms with Gasteiger partial charge >= 0.3 is 0 Å². The quantitative estimate of drug-likeness (QED) is 0.605. The number of benzene rings is 1. The maximum absolute atomic E-state index is 2.44. The summed E-state index contributed by atoms with van der Waals surface area (Å²) in [5, 5.41) is 0. The average molecular weight is 275 g/mol. The average Bonchev–Trinajstić information content (AvgIpc) is 2.05. The van der Waals surface area contributed by atoms with Gasteiger partial charge < -0.3 is 4.90 Å². The van der Waals surface area contributed by atoms with Gasteiger partial charge in [0.1, 0.15) is 0 Å². The number of alkyl halides is 1. The van der Waals surface area contributed by atoms with Gasteiger partial charge in [0.2, 0.25) is 0 Å². The van der Waals surface area contributed by atoms with Crippen molar-refractivity contribution in [3.05, 3.63) is 30.3 Å². The number of hydrogen-bond donors (Lipinski definition) is 0. The van der Waals surface area contributed by atoms with Crippen molar-refractivity contribution in [3.63, 3.8) is 0 Å². The third-order valence-electron chi connectivity index (χ3n) is 1.72. The second-order valence-electron chi connectivity index (χ2n) is 3.00. The Morgan fingerprint density at radius 1 is 1.33 bits per heavy atom. The van der Waals surface area contributed by atoms with E-state index < -0.39 is 0 Å². The molecule has 1 unspecified atom stereocenters. The Balaban J connectivity index is 2.59. The van der Waals surface area contributed by atoms with E-state index in [-0.39, 0.29) is 0 Å². The van der Waals surface area contributed by atoms with Gasteiger partial charge in [0.05, 0.1) is 0 Å². The fourth-order valence-corrected chi connectivity index (χ4v) is 1.76. The molecule has 2 heteroatoms. The predicted molar refractivity (Wildman–Crippen MR) is 63.2 cm³/mol. The van der Waals surface area contributed by atoms with Crippen LogP contribution in [0.25, 0.3) is 0 Å². The van der Waals surface area contributed by atoms with Crippen LogP contribution in [-0.2, 0) is 0 Å². The number of rotatable bonds is 3. The zero-order chi connectivity index (χ0) is 8.97. The highest BCUT2D eigenvalue weighted by Gasteiger charge is 2.02. The molecule has 0 N–H and O–H groups in total. The standard InChI is InChI=1S/C10H14IN/c1-9(11)8-12(2)10-6-4-3-5-7-10/h3-7,9H,8H2,1-2H3. The van der Waals surface area contributed by atoms with Gasteiger partial charge in [-0.3, -0.25) is 0 Å². The van der Waals surface area contributed by atoms with E-state index >= 15 is 0 Å². The molecule has 1 aromatic rings. The molecule has 0 spiro atoms. The Labute approximate surface area is 87.9 Å². The van der Waals surface area contributed by atoms with Crippen molar-refractivity contribution in [2.45, 2.75) is 10.8 Å². The third kappa shape index (κ3) is 3.01. The minimum atomic E-state index is 0.688. The second kappa shape index (κ2) is 4.70. The van der Waals surface area contributed by atoms with Crippen molar-refractivity contribution in [2.75, 3.05) is 18.5 Å². The topological polar surface area (TPSA) is 3.24 Å². The van der Waals surface area contributed by atoms with Crippen LogP contribution in [0.15, 0.2) is 30.3 Å². The van der Waals surface area contributed by atoms with Crippen LogP contribution in [-0.4, -0.2) is 17.5 Å². The number of halogens is 1. The van der Waals surface area contributed by atoms with Crippen molar-refractivity contribution in [2.24, 2.45) is 0 Å². The summed E-state index contributed by atoms with van der Waals surface area (Å²) in [7, 11) is 2.13. The smallest absolute Gasteiger partial charge is 0.0363 e. The van der Waals surface area contributed by atoms with Crippen molar-refractivity contribution < 1.29 is 0 Å². The first kappa shape index (κ1) is 9.84. The zero-order valence-electron chi connectivity index (χ0n) is 7.50. The molecule has 12 heavy (non-hydrogen) atoms. The molecule has 66 valence electrons. The van der Waals surface area contributed by atoms with Crippen molar-refractivity contribution in [3.8, 4) is 0 Å². The molecule has 0 amide bonds. The number of para-hydroxylation sites is 1. The van der Waals surface area contributed by atoms with Gasteiger partial charge in [-0.05, 0) is 12.1 Å². The Bertz CT molecular complexity index is 221.